The lowest BCUT2D eigenvalue weighted by molar-refractivity contribution is -0.384. The molecule has 0 aromatic heterocycles. The van der Waals surface area contributed by atoms with E-state index in [-0.39, 0.29) is 23.7 Å². The number of nitro groups is 1. The van der Waals surface area contributed by atoms with Gasteiger partial charge < -0.3 is 9.64 Å². The Kier molecular flexibility index (Phi) is 4.95. The number of hydrogen-bond acceptors (Lipinski definition) is 4. The van der Waals surface area contributed by atoms with Gasteiger partial charge in [0.15, 0.2) is 0 Å². The number of halogens is 1. The van der Waals surface area contributed by atoms with E-state index in [0.29, 0.717) is 29.6 Å². The smallest absolute Gasteiger partial charge is 0.270 e. The van der Waals surface area contributed by atoms with Crippen molar-refractivity contribution in [1.82, 2.24) is 4.90 Å². The van der Waals surface area contributed by atoms with Crippen molar-refractivity contribution in [1.29, 1.82) is 0 Å². The molecule has 1 aliphatic rings. The first-order chi connectivity index (χ1) is 9.92. The minimum atomic E-state index is -0.478. The lowest BCUT2D eigenvalue weighted by atomic mass is 10.1. The van der Waals surface area contributed by atoms with E-state index in [4.69, 9.17) is 4.74 Å². The molecule has 1 amide bonds. The number of amides is 1. The zero-order valence-corrected chi connectivity index (χ0v) is 13.5. The van der Waals surface area contributed by atoms with Gasteiger partial charge in [-0.2, -0.15) is 0 Å². The van der Waals surface area contributed by atoms with Gasteiger partial charge in [-0.1, -0.05) is 15.9 Å². The highest BCUT2D eigenvalue weighted by Crippen LogP contribution is 2.21. The summed E-state index contributed by atoms with van der Waals surface area (Å²) in [5.74, 6) is -0.191. The normalized spacial score (nSPS) is 22.1. The first-order valence-electron chi connectivity index (χ1n) is 6.67. The van der Waals surface area contributed by atoms with E-state index in [1.54, 1.807) is 17.9 Å². The SMILES string of the molecule is Cc1cc(C(=O)N2CC(CBr)OCC2C)cc([N+](=O)[O-])c1. The number of nitro benzene ring substituents is 1. The molecule has 2 unspecified atom stereocenters. The van der Waals surface area contributed by atoms with Gasteiger partial charge >= 0.3 is 0 Å². The Morgan fingerprint density at radius 3 is 2.86 bits per heavy atom. The van der Waals surface area contributed by atoms with Crippen LogP contribution in [0.4, 0.5) is 5.69 Å². The number of carbonyl (C=O) groups is 1. The molecule has 1 saturated heterocycles. The van der Waals surface area contributed by atoms with Crippen molar-refractivity contribution in [3.05, 3.63) is 39.4 Å². The van der Waals surface area contributed by atoms with Crippen molar-refractivity contribution in [3.8, 4) is 0 Å². The number of nitrogens with zero attached hydrogens (tertiary/aromatic N) is 2. The van der Waals surface area contributed by atoms with E-state index < -0.39 is 4.92 Å². The van der Waals surface area contributed by atoms with Gasteiger partial charge in [-0.05, 0) is 25.5 Å². The third-order valence-electron chi connectivity index (χ3n) is 3.46. The zero-order valence-electron chi connectivity index (χ0n) is 11.9. The van der Waals surface area contributed by atoms with Crippen LogP contribution in [-0.4, -0.2) is 46.4 Å². The highest BCUT2D eigenvalue weighted by molar-refractivity contribution is 9.09. The highest BCUT2D eigenvalue weighted by atomic mass is 79.9. The molecule has 7 heteroatoms. The van der Waals surface area contributed by atoms with Gasteiger partial charge in [0.05, 0.1) is 23.7 Å². The molecule has 2 atom stereocenters. The van der Waals surface area contributed by atoms with Crippen LogP contribution >= 0.6 is 15.9 Å². The van der Waals surface area contributed by atoms with Gasteiger partial charge in [-0.25, -0.2) is 0 Å². The second-order valence-corrected chi connectivity index (χ2v) is 5.88. The molecule has 1 aliphatic heterocycles. The van der Waals surface area contributed by atoms with Crippen LogP contribution in [0.15, 0.2) is 18.2 Å². The molecule has 0 N–H and O–H groups in total. The maximum absolute atomic E-state index is 12.6. The van der Waals surface area contributed by atoms with Gasteiger partial charge in [0.25, 0.3) is 11.6 Å². The van der Waals surface area contributed by atoms with Crippen molar-refractivity contribution < 1.29 is 14.5 Å². The van der Waals surface area contributed by atoms with Crippen LogP contribution in [0.5, 0.6) is 0 Å². The number of ether oxygens (including phenoxy) is 1. The molecule has 2 rings (SSSR count). The summed E-state index contributed by atoms with van der Waals surface area (Å²) in [6.45, 7) is 4.60. The Hall–Kier alpha value is -1.47. The van der Waals surface area contributed by atoms with Crippen LogP contribution in [-0.2, 0) is 4.74 Å². The maximum Gasteiger partial charge on any atom is 0.270 e. The molecule has 0 spiro atoms. The number of hydrogen-bond donors (Lipinski definition) is 0. The highest BCUT2D eigenvalue weighted by Gasteiger charge is 2.30. The Balaban J connectivity index is 2.28. The monoisotopic (exact) mass is 356 g/mol. The first kappa shape index (κ1) is 15.9. The molecule has 1 aromatic carbocycles. The summed E-state index contributed by atoms with van der Waals surface area (Å²) in [6, 6.07) is 4.43. The van der Waals surface area contributed by atoms with Crippen LogP contribution in [0.3, 0.4) is 0 Å². The van der Waals surface area contributed by atoms with Crippen molar-refractivity contribution >= 4 is 27.5 Å². The largest absolute Gasteiger partial charge is 0.373 e. The summed E-state index contributed by atoms with van der Waals surface area (Å²) < 4.78 is 5.59. The van der Waals surface area contributed by atoms with Crippen molar-refractivity contribution in [2.45, 2.75) is 26.0 Å². The van der Waals surface area contributed by atoms with E-state index in [1.807, 2.05) is 6.92 Å². The Morgan fingerprint density at radius 1 is 1.52 bits per heavy atom. The number of alkyl halides is 1. The van der Waals surface area contributed by atoms with E-state index >= 15 is 0 Å². The fourth-order valence-corrected chi connectivity index (χ4v) is 2.74. The third kappa shape index (κ3) is 3.59. The number of non-ortho nitro benzene ring substituents is 1. The number of carbonyl (C=O) groups excluding carboxylic acids is 1. The minimum Gasteiger partial charge on any atom is -0.373 e. The van der Waals surface area contributed by atoms with Crippen LogP contribution in [0.1, 0.15) is 22.8 Å². The molecule has 114 valence electrons. The van der Waals surface area contributed by atoms with Crippen LogP contribution in [0.25, 0.3) is 0 Å². The fraction of sp³-hybridized carbons (Fsp3) is 0.500. The average molecular weight is 357 g/mol. The van der Waals surface area contributed by atoms with E-state index in [1.165, 1.54) is 12.1 Å². The minimum absolute atomic E-state index is 0.0487. The van der Waals surface area contributed by atoms with Gasteiger partial charge in [-0.3, -0.25) is 14.9 Å². The molecule has 6 nitrogen and oxygen atoms in total. The number of rotatable bonds is 3. The van der Waals surface area contributed by atoms with E-state index in [9.17, 15) is 14.9 Å². The average Bonchev–Trinajstić information content (AvgIpc) is 2.46. The maximum atomic E-state index is 12.6. The van der Waals surface area contributed by atoms with Gasteiger partial charge in [-0.15, -0.1) is 0 Å². The predicted molar refractivity (Wildman–Crippen MR) is 81.9 cm³/mol. The molecule has 0 aliphatic carbocycles. The molecule has 1 heterocycles. The summed E-state index contributed by atoms with van der Waals surface area (Å²) in [4.78, 5) is 24.8. The standard InChI is InChI=1S/C14H17BrN2O4/c1-9-3-11(5-12(4-9)17(19)20)14(18)16-7-13(6-15)21-8-10(16)2/h3-5,10,13H,6-8H2,1-2H3. The topological polar surface area (TPSA) is 72.7 Å². The lowest BCUT2D eigenvalue weighted by Gasteiger charge is -2.37. The number of morpholine rings is 1. The number of benzene rings is 1. The van der Waals surface area contributed by atoms with Crippen LogP contribution < -0.4 is 0 Å². The molecular formula is C14H17BrN2O4. The van der Waals surface area contributed by atoms with Crippen molar-refractivity contribution in [3.63, 3.8) is 0 Å². The summed E-state index contributed by atoms with van der Waals surface area (Å²) in [5, 5.41) is 11.6. The van der Waals surface area contributed by atoms with Crippen LogP contribution in [0, 0.1) is 17.0 Å². The first-order valence-corrected chi connectivity index (χ1v) is 7.79. The summed E-state index contributed by atoms with van der Waals surface area (Å²) in [7, 11) is 0. The number of aryl methyl sites for hydroxylation is 1. The molecular weight excluding hydrogens is 340 g/mol. The summed E-state index contributed by atoms with van der Waals surface area (Å²) >= 11 is 3.35. The van der Waals surface area contributed by atoms with E-state index in [0.717, 1.165) is 0 Å². The summed E-state index contributed by atoms with van der Waals surface area (Å²) in [5.41, 5.74) is 0.991. The zero-order chi connectivity index (χ0) is 15.6. The predicted octanol–water partition coefficient (Wildman–Crippen LogP) is 2.53. The van der Waals surface area contributed by atoms with Gasteiger partial charge in [0.1, 0.15) is 0 Å². The fourth-order valence-electron chi connectivity index (χ4n) is 2.35. The lowest BCUT2D eigenvalue weighted by Crippen LogP contribution is -2.51. The van der Waals surface area contributed by atoms with Gasteiger partial charge in [0.2, 0.25) is 0 Å². The van der Waals surface area contributed by atoms with E-state index in [2.05, 4.69) is 15.9 Å². The quantitative estimate of drug-likeness (QED) is 0.473. The molecule has 21 heavy (non-hydrogen) atoms. The second-order valence-electron chi connectivity index (χ2n) is 5.23. The Labute approximate surface area is 131 Å². The third-order valence-corrected chi connectivity index (χ3v) is 4.18. The van der Waals surface area contributed by atoms with Crippen LogP contribution in [0.2, 0.25) is 0 Å². The molecule has 1 fully saturated rings. The second kappa shape index (κ2) is 6.53. The molecule has 0 bridgehead atoms. The Bertz CT molecular complexity index is 564. The molecule has 0 radical (unpaired) electrons. The molecule has 1 aromatic rings. The summed E-state index contributed by atoms with van der Waals surface area (Å²) in [6.07, 6.45) is -0.0510. The van der Waals surface area contributed by atoms with Gasteiger partial charge in [0, 0.05) is 29.6 Å². The van der Waals surface area contributed by atoms with Crippen molar-refractivity contribution in [2.75, 3.05) is 18.5 Å². The van der Waals surface area contributed by atoms with Crippen molar-refractivity contribution in [2.24, 2.45) is 0 Å². The molecule has 0 saturated carbocycles. The Morgan fingerprint density at radius 2 is 2.24 bits per heavy atom.